The number of para-hydroxylation sites is 1. The first-order valence-corrected chi connectivity index (χ1v) is 9.08. The van der Waals surface area contributed by atoms with E-state index in [-0.39, 0.29) is 5.60 Å². The highest BCUT2D eigenvalue weighted by molar-refractivity contribution is 5.39. The van der Waals surface area contributed by atoms with E-state index in [9.17, 15) is 0 Å². The van der Waals surface area contributed by atoms with Crippen molar-refractivity contribution in [1.29, 1.82) is 0 Å². The lowest BCUT2D eigenvalue weighted by Crippen LogP contribution is -2.51. The van der Waals surface area contributed by atoms with E-state index in [0.29, 0.717) is 12.1 Å². The van der Waals surface area contributed by atoms with Gasteiger partial charge in [0.2, 0.25) is 0 Å². The number of nitrogens with one attached hydrogen (secondary N) is 1. The number of ether oxygens (including phenoxy) is 2. The zero-order valence-electron chi connectivity index (χ0n) is 14.1. The van der Waals surface area contributed by atoms with Crippen LogP contribution in [0.1, 0.15) is 44.2 Å². The fraction of sp³-hybridized carbons (Fsp3) is 0.684. The van der Waals surface area contributed by atoms with Crippen molar-refractivity contribution in [2.45, 2.75) is 50.3 Å². The summed E-state index contributed by atoms with van der Waals surface area (Å²) in [6, 6.07) is 9.46. The quantitative estimate of drug-likeness (QED) is 0.926. The Balaban J connectivity index is 1.44. The fourth-order valence-electron chi connectivity index (χ4n) is 4.21. The Kier molecular flexibility index (Phi) is 4.31. The summed E-state index contributed by atoms with van der Waals surface area (Å²) in [4.78, 5) is 2.51. The summed E-state index contributed by atoms with van der Waals surface area (Å²) in [6.45, 7) is 7.25. The number of hydrogen-bond acceptors (Lipinski definition) is 4. The van der Waals surface area contributed by atoms with E-state index in [2.05, 4.69) is 41.4 Å². The van der Waals surface area contributed by atoms with Crippen LogP contribution in [0.2, 0.25) is 0 Å². The Labute approximate surface area is 139 Å². The molecule has 1 aliphatic carbocycles. The van der Waals surface area contributed by atoms with Gasteiger partial charge in [-0.05, 0) is 32.3 Å². The van der Waals surface area contributed by atoms with Gasteiger partial charge < -0.3 is 14.8 Å². The molecule has 0 bridgehead atoms. The maximum atomic E-state index is 6.35. The van der Waals surface area contributed by atoms with Crippen molar-refractivity contribution in [3.63, 3.8) is 0 Å². The topological polar surface area (TPSA) is 33.7 Å². The van der Waals surface area contributed by atoms with E-state index in [0.717, 1.165) is 45.0 Å². The minimum absolute atomic E-state index is 0.102. The molecule has 2 atom stereocenters. The molecule has 4 heteroatoms. The maximum Gasteiger partial charge on any atom is 0.124 e. The second-order valence-electron chi connectivity index (χ2n) is 7.41. The van der Waals surface area contributed by atoms with Gasteiger partial charge in [-0.2, -0.15) is 0 Å². The van der Waals surface area contributed by atoms with Gasteiger partial charge in [0.15, 0.2) is 0 Å². The van der Waals surface area contributed by atoms with Crippen molar-refractivity contribution in [1.82, 2.24) is 10.2 Å². The Morgan fingerprint density at radius 1 is 1.26 bits per heavy atom. The van der Waals surface area contributed by atoms with Gasteiger partial charge in [-0.1, -0.05) is 18.2 Å². The number of rotatable bonds is 4. The van der Waals surface area contributed by atoms with Gasteiger partial charge in [0.1, 0.15) is 11.4 Å². The minimum atomic E-state index is 0.102. The van der Waals surface area contributed by atoms with E-state index in [1.165, 1.54) is 24.8 Å². The second-order valence-corrected chi connectivity index (χ2v) is 7.41. The third-order valence-corrected chi connectivity index (χ3v) is 5.58. The Morgan fingerprint density at radius 2 is 2.04 bits per heavy atom. The first kappa shape index (κ1) is 15.4. The molecular weight excluding hydrogens is 288 g/mol. The van der Waals surface area contributed by atoms with E-state index >= 15 is 0 Å². The summed E-state index contributed by atoms with van der Waals surface area (Å²) in [5, 5.41) is 3.88. The highest BCUT2D eigenvalue weighted by Gasteiger charge is 2.45. The first-order valence-electron chi connectivity index (χ1n) is 9.08. The molecule has 23 heavy (non-hydrogen) atoms. The Morgan fingerprint density at radius 3 is 2.78 bits per heavy atom. The van der Waals surface area contributed by atoms with E-state index in [1.54, 1.807) is 0 Å². The average Bonchev–Trinajstić information content (AvgIpc) is 2.54. The van der Waals surface area contributed by atoms with E-state index in [4.69, 9.17) is 9.47 Å². The second kappa shape index (κ2) is 6.42. The molecule has 1 saturated heterocycles. The molecule has 1 spiro atoms. The number of fused-ring (bicyclic) bond motifs is 1. The highest BCUT2D eigenvalue weighted by atomic mass is 16.5. The zero-order chi connectivity index (χ0) is 15.7. The molecule has 126 valence electrons. The largest absolute Gasteiger partial charge is 0.487 e. The summed E-state index contributed by atoms with van der Waals surface area (Å²) >= 11 is 0. The zero-order valence-corrected chi connectivity index (χ0v) is 14.1. The van der Waals surface area contributed by atoms with Crippen molar-refractivity contribution >= 4 is 0 Å². The molecule has 2 fully saturated rings. The Hall–Kier alpha value is -1.10. The lowest BCUT2D eigenvalue weighted by Gasteiger charge is -2.48. The molecule has 1 aromatic carbocycles. The predicted octanol–water partition coefficient (Wildman–Crippen LogP) is 2.74. The third kappa shape index (κ3) is 3.25. The standard InChI is InChI=1S/C19H28N2O2/c1-15(14-21-9-11-22-12-10-21)20-17-13-19(7-4-8-19)23-18-6-3-2-5-16(17)18/h2-3,5-6,15,17,20H,4,7-14H2,1H3. The molecule has 2 heterocycles. The molecule has 4 nitrogen and oxygen atoms in total. The number of hydrogen-bond donors (Lipinski definition) is 1. The SMILES string of the molecule is CC(CN1CCOCC1)NC1CC2(CCC2)Oc2ccccc21. The van der Waals surface area contributed by atoms with Crippen LogP contribution in [0.3, 0.4) is 0 Å². The predicted molar refractivity (Wildman–Crippen MR) is 90.9 cm³/mol. The van der Waals surface area contributed by atoms with Gasteiger partial charge in [0.25, 0.3) is 0 Å². The number of morpholine rings is 1. The molecular formula is C19H28N2O2. The first-order chi connectivity index (χ1) is 11.2. The van der Waals surface area contributed by atoms with Gasteiger partial charge in [-0.3, -0.25) is 4.90 Å². The average molecular weight is 316 g/mol. The molecule has 2 aliphatic heterocycles. The molecule has 4 rings (SSSR count). The van der Waals surface area contributed by atoms with Gasteiger partial charge in [-0.25, -0.2) is 0 Å². The molecule has 0 aromatic heterocycles. The smallest absolute Gasteiger partial charge is 0.124 e. The third-order valence-electron chi connectivity index (χ3n) is 5.58. The van der Waals surface area contributed by atoms with Gasteiger partial charge in [0, 0.05) is 43.7 Å². The van der Waals surface area contributed by atoms with Gasteiger partial charge in [0.05, 0.1) is 13.2 Å². The Bertz CT molecular complexity index is 538. The monoisotopic (exact) mass is 316 g/mol. The molecule has 0 amide bonds. The maximum absolute atomic E-state index is 6.35. The molecule has 2 unspecified atom stereocenters. The van der Waals surface area contributed by atoms with Crippen molar-refractivity contribution in [3.05, 3.63) is 29.8 Å². The molecule has 1 N–H and O–H groups in total. The van der Waals surface area contributed by atoms with Gasteiger partial charge in [-0.15, -0.1) is 0 Å². The van der Waals surface area contributed by atoms with E-state index in [1.807, 2.05) is 0 Å². The van der Waals surface area contributed by atoms with Crippen molar-refractivity contribution in [2.24, 2.45) is 0 Å². The molecule has 0 radical (unpaired) electrons. The van der Waals surface area contributed by atoms with Crippen LogP contribution in [0.5, 0.6) is 5.75 Å². The summed E-state index contributed by atoms with van der Waals surface area (Å²) in [5.74, 6) is 1.09. The summed E-state index contributed by atoms with van der Waals surface area (Å²) in [7, 11) is 0. The van der Waals surface area contributed by atoms with Crippen LogP contribution in [-0.4, -0.2) is 49.4 Å². The van der Waals surface area contributed by atoms with Crippen molar-refractivity contribution in [2.75, 3.05) is 32.8 Å². The summed E-state index contributed by atoms with van der Waals surface area (Å²) in [6.07, 6.45) is 4.82. The molecule has 1 saturated carbocycles. The van der Waals surface area contributed by atoms with Gasteiger partial charge >= 0.3 is 0 Å². The van der Waals surface area contributed by atoms with Crippen LogP contribution in [-0.2, 0) is 4.74 Å². The van der Waals surface area contributed by atoms with Crippen molar-refractivity contribution in [3.8, 4) is 5.75 Å². The van der Waals surface area contributed by atoms with E-state index < -0.39 is 0 Å². The number of benzene rings is 1. The molecule has 1 aromatic rings. The lowest BCUT2D eigenvalue weighted by molar-refractivity contribution is -0.0386. The van der Waals surface area contributed by atoms with Crippen molar-refractivity contribution < 1.29 is 9.47 Å². The van der Waals surface area contributed by atoms with Crippen LogP contribution in [0.4, 0.5) is 0 Å². The lowest BCUT2D eigenvalue weighted by atomic mass is 9.73. The summed E-state index contributed by atoms with van der Waals surface area (Å²) < 4.78 is 11.8. The minimum Gasteiger partial charge on any atom is -0.487 e. The van der Waals surface area contributed by atoms with Crippen LogP contribution in [0, 0.1) is 0 Å². The van der Waals surface area contributed by atoms with Crippen LogP contribution < -0.4 is 10.1 Å². The number of nitrogens with zero attached hydrogens (tertiary/aromatic N) is 1. The molecule has 3 aliphatic rings. The highest BCUT2D eigenvalue weighted by Crippen LogP contribution is 2.48. The summed E-state index contributed by atoms with van der Waals surface area (Å²) in [5.41, 5.74) is 1.43. The van der Waals surface area contributed by atoms with Crippen LogP contribution in [0.15, 0.2) is 24.3 Å². The fourth-order valence-corrected chi connectivity index (χ4v) is 4.21. The van der Waals surface area contributed by atoms with Crippen LogP contribution >= 0.6 is 0 Å². The van der Waals surface area contributed by atoms with Crippen LogP contribution in [0.25, 0.3) is 0 Å². The normalized spacial score (nSPS) is 27.8.